The molecule has 0 heterocycles. The minimum absolute atomic E-state index is 0.116. The Labute approximate surface area is 83.2 Å². The molecule has 5 nitrogen and oxygen atoms in total. The standard InChI is InChI=1S/C9H14N2O3/c1-11(8(12)5-6-10)7-3-4-9(13)14-2/h3-5,7H2,1-2H3. The van der Waals surface area contributed by atoms with Gasteiger partial charge in [0, 0.05) is 20.0 Å². The van der Waals surface area contributed by atoms with Crippen LogP contribution >= 0.6 is 0 Å². The van der Waals surface area contributed by atoms with Crippen LogP contribution in [0.1, 0.15) is 19.3 Å². The van der Waals surface area contributed by atoms with Crippen molar-refractivity contribution in [3.63, 3.8) is 0 Å². The highest BCUT2D eigenvalue weighted by Gasteiger charge is 2.08. The van der Waals surface area contributed by atoms with Crippen molar-refractivity contribution in [1.82, 2.24) is 4.90 Å². The van der Waals surface area contributed by atoms with Crippen LogP contribution in [0.2, 0.25) is 0 Å². The first kappa shape index (κ1) is 12.4. The van der Waals surface area contributed by atoms with Crippen molar-refractivity contribution in [2.24, 2.45) is 0 Å². The van der Waals surface area contributed by atoms with E-state index in [1.807, 2.05) is 0 Å². The molecule has 0 aliphatic heterocycles. The van der Waals surface area contributed by atoms with Gasteiger partial charge in [-0.25, -0.2) is 0 Å². The number of nitrogens with zero attached hydrogens (tertiary/aromatic N) is 2. The summed E-state index contributed by atoms with van der Waals surface area (Å²) in [6.07, 6.45) is 0.732. The van der Waals surface area contributed by atoms with E-state index in [9.17, 15) is 9.59 Å². The Balaban J connectivity index is 3.64. The molecular formula is C9H14N2O3. The molecule has 0 aromatic rings. The Morgan fingerprint density at radius 2 is 2.14 bits per heavy atom. The second-order valence-corrected chi connectivity index (χ2v) is 2.83. The summed E-state index contributed by atoms with van der Waals surface area (Å²) in [5, 5.41) is 8.27. The molecule has 0 aliphatic carbocycles. The lowest BCUT2D eigenvalue weighted by Gasteiger charge is -2.14. The summed E-state index contributed by atoms with van der Waals surface area (Å²) >= 11 is 0. The van der Waals surface area contributed by atoms with Crippen LogP contribution in [0.3, 0.4) is 0 Å². The number of methoxy groups -OCH3 is 1. The van der Waals surface area contributed by atoms with Crippen molar-refractivity contribution >= 4 is 11.9 Å². The fourth-order valence-corrected chi connectivity index (χ4v) is 0.890. The quantitative estimate of drug-likeness (QED) is 0.596. The van der Waals surface area contributed by atoms with Gasteiger partial charge >= 0.3 is 5.97 Å². The van der Waals surface area contributed by atoms with Crippen LogP contribution in [0.5, 0.6) is 0 Å². The summed E-state index contributed by atoms with van der Waals surface area (Å²) in [6.45, 7) is 0.468. The van der Waals surface area contributed by atoms with E-state index in [1.165, 1.54) is 12.0 Å². The van der Waals surface area contributed by atoms with Gasteiger partial charge in [0.1, 0.15) is 6.42 Å². The van der Waals surface area contributed by atoms with Gasteiger partial charge in [-0.05, 0) is 6.42 Å². The molecule has 0 rings (SSSR count). The van der Waals surface area contributed by atoms with Gasteiger partial charge in [-0.2, -0.15) is 5.26 Å². The van der Waals surface area contributed by atoms with E-state index in [4.69, 9.17) is 5.26 Å². The molecule has 1 amide bonds. The molecule has 14 heavy (non-hydrogen) atoms. The van der Waals surface area contributed by atoms with Crippen molar-refractivity contribution in [3.8, 4) is 6.07 Å². The number of rotatable bonds is 5. The average Bonchev–Trinajstić information content (AvgIpc) is 2.17. The van der Waals surface area contributed by atoms with Gasteiger partial charge in [0.2, 0.25) is 5.91 Å². The van der Waals surface area contributed by atoms with Gasteiger partial charge in [0.25, 0.3) is 0 Å². The maximum Gasteiger partial charge on any atom is 0.305 e. The van der Waals surface area contributed by atoms with E-state index in [0.29, 0.717) is 19.4 Å². The molecular weight excluding hydrogens is 184 g/mol. The molecule has 5 heteroatoms. The Bertz CT molecular complexity index is 245. The van der Waals surface area contributed by atoms with E-state index in [2.05, 4.69) is 4.74 Å². The number of ether oxygens (including phenoxy) is 1. The number of nitriles is 1. The van der Waals surface area contributed by atoms with E-state index < -0.39 is 0 Å². The van der Waals surface area contributed by atoms with Crippen LogP contribution in [-0.4, -0.2) is 37.5 Å². The first-order chi connectivity index (χ1) is 6.61. The summed E-state index contributed by atoms with van der Waals surface area (Å²) < 4.78 is 4.45. The van der Waals surface area contributed by atoms with Crippen LogP contribution in [-0.2, 0) is 14.3 Å². The fraction of sp³-hybridized carbons (Fsp3) is 0.667. The third-order valence-electron chi connectivity index (χ3n) is 1.76. The van der Waals surface area contributed by atoms with Crippen LogP contribution in [0.15, 0.2) is 0 Å². The zero-order chi connectivity index (χ0) is 11.0. The summed E-state index contributed by atoms with van der Waals surface area (Å²) in [5.41, 5.74) is 0. The molecule has 0 N–H and O–H groups in total. The molecule has 0 radical (unpaired) electrons. The highest BCUT2D eigenvalue weighted by Crippen LogP contribution is 1.96. The number of hydrogen-bond acceptors (Lipinski definition) is 4. The smallest absolute Gasteiger partial charge is 0.305 e. The fourth-order valence-electron chi connectivity index (χ4n) is 0.890. The Morgan fingerprint density at radius 3 is 2.64 bits per heavy atom. The SMILES string of the molecule is COC(=O)CCCN(C)C(=O)CC#N. The third kappa shape index (κ3) is 5.14. The number of hydrogen-bond donors (Lipinski definition) is 0. The highest BCUT2D eigenvalue weighted by molar-refractivity contribution is 5.78. The predicted molar refractivity (Wildman–Crippen MR) is 49.1 cm³/mol. The summed E-state index contributed by atoms with van der Waals surface area (Å²) in [6, 6.07) is 1.78. The molecule has 0 spiro atoms. The van der Waals surface area contributed by atoms with Gasteiger partial charge in [-0.1, -0.05) is 0 Å². The number of carbonyl (C=O) groups excluding carboxylic acids is 2. The van der Waals surface area contributed by atoms with Gasteiger partial charge in [-0.3, -0.25) is 9.59 Å². The summed E-state index contributed by atoms with van der Waals surface area (Å²) in [7, 11) is 2.93. The van der Waals surface area contributed by atoms with Gasteiger partial charge < -0.3 is 9.64 Å². The van der Waals surface area contributed by atoms with E-state index in [-0.39, 0.29) is 18.3 Å². The van der Waals surface area contributed by atoms with E-state index >= 15 is 0 Å². The van der Waals surface area contributed by atoms with Crippen molar-refractivity contribution in [2.45, 2.75) is 19.3 Å². The maximum atomic E-state index is 11.1. The van der Waals surface area contributed by atoms with Crippen LogP contribution < -0.4 is 0 Å². The van der Waals surface area contributed by atoms with E-state index in [1.54, 1.807) is 13.1 Å². The third-order valence-corrected chi connectivity index (χ3v) is 1.76. The van der Waals surface area contributed by atoms with Crippen LogP contribution in [0.4, 0.5) is 0 Å². The molecule has 0 saturated heterocycles. The average molecular weight is 198 g/mol. The van der Waals surface area contributed by atoms with Crippen LogP contribution in [0.25, 0.3) is 0 Å². The number of amides is 1. The predicted octanol–water partition coefficient (Wildman–Crippen LogP) is 0.312. The molecule has 0 unspecified atom stereocenters. The summed E-state index contributed by atoms with van der Waals surface area (Å²) in [4.78, 5) is 23.2. The molecule has 0 aliphatic rings. The molecule has 0 saturated carbocycles. The number of carbonyl (C=O) groups is 2. The Morgan fingerprint density at radius 1 is 1.50 bits per heavy atom. The second kappa shape index (κ2) is 6.89. The zero-order valence-electron chi connectivity index (χ0n) is 8.45. The zero-order valence-corrected chi connectivity index (χ0v) is 8.45. The lowest BCUT2D eigenvalue weighted by Crippen LogP contribution is -2.27. The Hall–Kier alpha value is -1.57. The van der Waals surface area contributed by atoms with Crippen molar-refractivity contribution in [2.75, 3.05) is 20.7 Å². The second-order valence-electron chi connectivity index (χ2n) is 2.83. The molecule has 0 atom stereocenters. The topological polar surface area (TPSA) is 70.4 Å². The molecule has 0 fully saturated rings. The van der Waals surface area contributed by atoms with Crippen molar-refractivity contribution in [3.05, 3.63) is 0 Å². The molecule has 0 aromatic carbocycles. The number of esters is 1. The first-order valence-electron chi connectivity index (χ1n) is 4.29. The molecule has 78 valence electrons. The molecule has 0 aromatic heterocycles. The van der Waals surface area contributed by atoms with E-state index in [0.717, 1.165) is 0 Å². The minimum Gasteiger partial charge on any atom is -0.469 e. The minimum atomic E-state index is -0.286. The van der Waals surface area contributed by atoms with Gasteiger partial charge in [0.05, 0.1) is 13.2 Å². The lowest BCUT2D eigenvalue weighted by atomic mass is 10.3. The highest BCUT2D eigenvalue weighted by atomic mass is 16.5. The molecule has 0 bridgehead atoms. The normalized spacial score (nSPS) is 8.93. The van der Waals surface area contributed by atoms with Crippen LogP contribution in [0, 0.1) is 11.3 Å². The summed E-state index contributed by atoms with van der Waals surface area (Å²) in [5.74, 6) is -0.511. The maximum absolute atomic E-state index is 11.1. The van der Waals surface area contributed by atoms with Crippen molar-refractivity contribution in [1.29, 1.82) is 5.26 Å². The van der Waals surface area contributed by atoms with Crippen molar-refractivity contribution < 1.29 is 14.3 Å². The van der Waals surface area contributed by atoms with Gasteiger partial charge in [-0.15, -0.1) is 0 Å². The first-order valence-corrected chi connectivity index (χ1v) is 4.29. The Kier molecular flexibility index (Phi) is 6.12. The largest absolute Gasteiger partial charge is 0.469 e. The van der Waals surface area contributed by atoms with Gasteiger partial charge in [0.15, 0.2) is 0 Å². The lowest BCUT2D eigenvalue weighted by molar-refractivity contribution is -0.141. The monoisotopic (exact) mass is 198 g/mol.